The Morgan fingerprint density at radius 1 is 0.639 bits per heavy atom. The molecule has 29 nitrogen and oxygen atoms in total. The first-order chi connectivity index (χ1) is 33.5. The molecule has 2 aliphatic rings. The molecule has 4 rings (SSSR count). The monoisotopic (exact) mass is 1020 g/mol. The van der Waals surface area contributed by atoms with Gasteiger partial charge >= 0.3 is 35.8 Å². The molecule has 29 heteroatoms. The van der Waals surface area contributed by atoms with Gasteiger partial charge < -0.3 is 45.0 Å². The molecule has 2 saturated heterocycles. The number of Topliss-reactive ketones (excluding diaryl/α,β-unsaturated/α-hetero) is 2. The van der Waals surface area contributed by atoms with E-state index in [0.29, 0.717) is 0 Å². The fourth-order valence-electron chi connectivity index (χ4n) is 6.72. The highest BCUT2D eigenvalue weighted by Gasteiger charge is 2.52. The number of methoxy groups -OCH3 is 1. The van der Waals surface area contributed by atoms with Gasteiger partial charge in [-0.15, -0.1) is 10.1 Å². The number of nitro groups is 2. The van der Waals surface area contributed by atoms with Gasteiger partial charge in [0, 0.05) is 62.7 Å². The third-order valence-corrected chi connectivity index (χ3v) is 11.8. The summed E-state index contributed by atoms with van der Waals surface area (Å²) in [6, 6.07) is 6.86. The zero-order chi connectivity index (χ0) is 54.1. The minimum absolute atomic E-state index is 0.0250. The van der Waals surface area contributed by atoms with Gasteiger partial charge in [-0.3, -0.25) is 50.9 Å². The first-order valence-corrected chi connectivity index (χ1v) is 22.1. The zero-order valence-corrected chi connectivity index (χ0v) is 40.3. The highest BCUT2D eigenvalue weighted by molar-refractivity contribution is 6.13. The van der Waals surface area contributed by atoms with E-state index in [9.17, 15) is 58.6 Å². The maximum Gasteiger partial charge on any atom is 0.391 e. The van der Waals surface area contributed by atoms with Crippen molar-refractivity contribution in [2.24, 2.45) is 34.8 Å². The molecule has 10 N–H and O–H groups in total. The van der Waals surface area contributed by atoms with Crippen LogP contribution in [-0.4, -0.2) is 128 Å². The third-order valence-electron chi connectivity index (χ3n) is 11.8. The number of non-ortho nitro benzene ring substituents is 2. The Kier molecular flexibility index (Phi) is 18.5. The quantitative estimate of drug-likeness (QED) is 0.0208. The maximum atomic E-state index is 13.8. The van der Waals surface area contributed by atoms with Crippen molar-refractivity contribution in [3.63, 3.8) is 0 Å². The molecule has 0 bridgehead atoms. The molecule has 0 aliphatic carbocycles. The number of ether oxygens (including phenoxy) is 3. The Morgan fingerprint density at radius 3 is 1.33 bits per heavy atom. The van der Waals surface area contributed by atoms with Gasteiger partial charge in [-0.25, -0.2) is 30.1 Å². The fraction of sp³-hybridized carbons (Fsp3) is 0.535. The molecular weight excluding hydrogens is 961 g/mol. The Labute approximate surface area is 410 Å². The highest BCUT2D eigenvalue weighted by atomic mass is 16.7. The van der Waals surface area contributed by atoms with Gasteiger partial charge in [-0.05, 0) is 63.8 Å². The number of nitro benzene ring substituents is 2. The van der Waals surface area contributed by atoms with Crippen LogP contribution in [-0.2, 0) is 71.9 Å². The summed E-state index contributed by atoms with van der Waals surface area (Å²) in [6.07, 6.45) is -2.20. The lowest BCUT2D eigenvalue weighted by atomic mass is 9.87. The Bertz CT molecular complexity index is 2400. The van der Waals surface area contributed by atoms with Crippen molar-refractivity contribution in [3.05, 3.63) is 68.8 Å². The molecule has 2 aliphatic heterocycles. The smallest absolute Gasteiger partial charge is 0.391 e. The summed E-state index contributed by atoms with van der Waals surface area (Å²) in [5.74, 6) is -11.7. The topological polar surface area (TPSA) is 422 Å². The summed E-state index contributed by atoms with van der Waals surface area (Å²) >= 11 is 0. The van der Waals surface area contributed by atoms with E-state index < -0.39 is 116 Å². The predicted molar refractivity (Wildman–Crippen MR) is 244 cm³/mol. The number of nitrogens with two attached hydrogens (primary N) is 4. The Hall–Kier alpha value is -7.28. The van der Waals surface area contributed by atoms with Crippen LogP contribution in [0, 0.1) is 32.1 Å². The van der Waals surface area contributed by atoms with E-state index >= 15 is 0 Å². The van der Waals surface area contributed by atoms with Crippen LogP contribution in [0.4, 0.5) is 22.7 Å². The van der Waals surface area contributed by atoms with E-state index in [1.165, 1.54) is 52.0 Å². The number of esters is 2. The van der Waals surface area contributed by atoms with Gasteiger partial charge in [0.15, 0.2) is 22.6 Å². The molecule has 0 amide bonds. The number of ketones is 2. The van der Waals surface area contributed by atoms with E-state index in [1.807, 2.05) is 0 Å². The van der Waals surface area contributed by atoms with Crippen LogP contribution >= 0.6 is 0 Å². The van der Waals surface area contributed by atoms with Gasteiger partial charge in [-0.2, -0.15) is 0 Å². The number of hydrogen-bond donors (Lipinski definition) is 6. The van der Waals surface area contributed by atoms with Crippen molar-refractivity contribution in [2.75, 3.05) is 31.2 Å². The predicted octanol–water partition coefficient (Wildman–Crippen LogP) is 0.475. The first-order valence-electron chi connectivity index (χ1n) is 22.1. The second kappa shape index (κ2) is 23.3. The SMILES string of the molecule is COC(CC(=O)[C@@](C)(N)C(=O)ON1CCC[C@H]1C(=O)O[C@@](N)(C(=O)ONc1ccc([N+](=O)[O-])cc1)C(C)C)C(=O)[C@@](C)(N)C(=O)ON1CCC[C@H]1C(=O)O[C@@](N)(C(=O)ONc1ccc([N+](=O)[O-])cc1)C(C)C. The molecule has 0 aromatic heterocycles. The minimum atomic E-state index is -2.57. The van der Waals surface area contributed by atoms with Crippen LogP contribution in [0.25, 0.3) is 0 Å². The van der Waals surface area contributed by atoms with Crippen LogP contribution in [0.3, 0.4) is 0 Å². The summed E-state index contributed by atoms with van der Waals surface area (Å²) in [6.45, 7) is 7.57. The van der Waals surface area contributed by atoms with Crippen molar-refractivity contribution >= 4 is 70.1 Å². The second-order valence-corrected chi connectivity index (χ2v) is 17.8. The summed E-state index contributed by atoms with van der Waals surface area (Å²) in [4.78, 5) is 149. The number of rotatable bonds is 24. The minimum Gasteiger partial charge on any atom is -0.431 e. The standard InChI is InChI=1S/C43H58N10O19/c1-23(2)42(46,38(60)69-48-25-12-16-27(17-13-25)52(62)63)67-34(56)29-10-8-20-50(29)71-36(58)40(5,44)32(54)22-31(66-7)33(55)41(6,45)37(59)72-51-21-9-11-30(51)35(57)68-43(47,24(3)4)39(61)70-49-26-14-18-28(19-15-26)53(64)65/h12-19,23-24,29-31,48-49H,8-11,20-22,44-47H2,1-7H3/t29-,30-,31?,40+,41+,42+,43+/m0/s1. The normalized spacial score (nSPS) is 19.7. The van der Waals surface area contributed by atoms with Crippen molar-refractivity contribution < 1.29 is 81.8 Å². The number of nitrogens with one attached hydrogen (secondary N) is 2. The third kappa shape index (κ3) is 13.2. The van der Waals surface area contributed by atoms with Crippen molar-refractivity contribution in [2.45, 2.75) is 114 Å². The highest BCUT2D eigenvalue weighted by Crippen LogP contribution is 2.29. The maximum absolute atomic E-state index is 13.8. The van der Waals surface area contributed by atoms with Crippen LogP contribution < -0.4 is 33.9 Å². The summed E-state index contributed by atoms with van der Waals surface area (Å²) < 4.78 is 16.1. The van der Waals surface area contributed by atoms with Crippen LogP contribution in [0.15, 0.2) is 48.5 Å². The Morgan fingerprint density at radius 2 is 1.00 bits per heavy atom. The number of hydroxylamine groups is 4. The lowest BCUT2D eigenvalue weighted by Gasteiger charge is -2.33. The lowest BCUT2D eigenvalue weighted by Crippen LogP contribution is -2.61. The van der Waals surface area contributed by atoms with Gasteiger partial charge in [-0.1, -0.05) is 27.7 Å². The number of anilines is 2. The average molecular weight is 1020 g/mol. The van der Waals surface area contributed by atoms with Crippen molar-refractivity contribution in [1.82, 2.24) is 10.1 Å². The average Bonchev–Trinajstić information content (AvgIpc) is 4.01. The fourth-order valence-corrected chi connectivity index (χ4v) is 6.72. The number of carbonyl (C=O) groups excluding carboxylic acids is 8. The van der Waals surface area contributed by atoms with E-state index in [4.69, 9.17) is 56.5 Å². The molecule has 2 aromatic rings. The van der Waals surface area contributed by atoms with Gasteiger partial charge in [0.05, 0.1) is 21.2 Å². The number of hydrogen-bond acceptors (Lipinski definition) is 27. The van der Waals surface area contributed by atoms with Gasteiger partial charge in [0.2, 0.25) is 0 Å². The largest absolute Gasteiger partial charge is 0.431 e. The molecule has 2 fully saturated rings. The van der Waals surface area contributed by atoms with Crippen molar-refractivity contribution in [3.8, 4) is 0 Å². The molecule has 2 heterocycles. The van der Waals surface area contributed by atoms with E-state index in [1.54, 1.807) is 0 Å². The summed E-state index contributed by atoms with van der Waals surface area (Å²) in [5, 5.41) is 23.6. The van der Waals surface area contributed by atoms with Gasteiger partial charge in [0.1, 0.15) is 18.2 Å². The lowest BCUT2D eigenvalue weighted by molar-refractivity contribution is -0.385. The van der Waals surface area contributed by atoms with Crippen LogP contribution in [0.2, 0.25) is 0 Å². The molecule has 7 atom stereocenters. The van der Waals surface area contributed by atoms with E-state index in [0.717, 1.165) is 55.3 Å². The Balaban J connectivity index is 1.35. The van der Waals surface area contributed by atoms with Crippen molar-refractivity contribution in [1.29, 1.82) is 0 Å². The molecule has 72 heavy (non-hydrogen) atoms. The van der Waals surface area contributed by atoms with Crippen LogP contribution in [0.5, 0.6) is 0 Å². The molecular formula is C43H58N10O19. The number of benzene rings is 2. The summed E-state index contributed by atoms with van der Waals surface area (Å²) in [5.41, 5.74) is 19.3. The number of nitrogens with zero attached hydrogens (tertiary/aromatic N) is 4. The molecule has 0 saturated carbocycles. The molecule has 1 unspecified atom stereocenters. The molecule has 2 aromatic carbocycles. The summed E-state index contributed by atoms with van der Waals surface area (Å²) in [7, 11) is 1.01. The zero-order valence-electron chi connectivity index (χ0n) is 40.3. The second-order valence-electron chi connectivity index (χ2n) is 17.8. The first kappa shape index (κ1) is 57.3. The van der Waals surface area contributed by atoms with E-state index in [-0.39, 0.29) is 61.5 Å². The number of carbonyl (C=O) groups is 8. The molecule has 0 radical (unpaired) electrons. The molecule has 394 valence electrons. The van der Waals surface area contributed by atoms with E-state index in [2.05, 4.69) is 11.0 Å². The van der Waals surface area contributed by atoms with Crippen LogP contribution in [0.1, 0.15) is 73.6 Å². The van der Waals surface area contributed by atoms with Gasteiger partial charge in [0.25, 0.3) is 22.8 Å². The molecule has 0 spiro atoms.